The molecule has 1 aliphatic carbocycles. The molecule has 0 radical (unpaired) electrons. The van der Waals surface area contributed by atoms with Crippen molar-refractivity contribution >= 4 is 0 Å². The lowest BCUT2D eigenvalue weighted by atomic mass is 9.76. The van der Waals surface area contributed by atoms with Gasteiger partial charge in [0.05, 0.1) is 17.1 Å². The van der Waals surface area contributed by atoms with Gasteiger partial charge in [0.1, 0.15) is 0 Å². The third kappa shape index (κ3) is 4.69. The van der Waals surface area contributed by atoms with Crippen LogP contribution in [-0.2, 0) is 17.5 Å². The molecular weight excluding hydrogens is 390 g/mol. The molecule has 1 aromatic carbocycles. The molecule has 2 heterocycles. The van der Waals surface area contributed by atoms with Crippen LogP contribution in [0.2, 0.25) is 0 Å². The van der Waals surface area contributed by atoms with Crippen LogP contribution in [0.5, 0.6) is 0 Å². The van der Waals surface area contributed by atoms with E-state index in [9.17, 15) is 0 Å². The fourth-order valence-electron chi connectivity index (χ4n) is 4.39. The maximum atomic E-state index is 5.64. The Labute approximate surface area is 183 Å². The van der Waals surface area contributed by atoms with Crippen LogP contribution in [0.3, 0.4) is 0 Å². The highest BCUT2D eigenvalue weighted by Gasteiger charge is 2.43. The highest BCUT2D eigenvalue weighted by molar-refractivity contribution is 5.18. The van der Waals surface area contributed by atoms with E-state index < -0.39 is 0 Å². The van der Waals surface area contributed by atoms with E-state index in [1.807, 2.05) is 22.9 Å². The summed E-state index contributed by atoms with van der Waals surface area (Å²) in [6.07, 6.45) is 4.85. The fraction of sp³-hybridized carbons (Fsp3) is 0.609. The second-order valence-electron chi connectivity index (χ2n) is 9.93. The molecule has 31 heavy (non-hydrogen) atoms. The molecule has 1 N–H and O–H groups in total. The SMILES string of the molecule is CC1CCC(NC(C)c2nc(Cc3ccccc3)no2)(c2nnnn2C(C)(C)C)CC1. The Bertz CT molecular complexity index is 981. The van der Waals surface area contributed by atoms with Crippen molar-refractivity contribution in [1.29, 1.82) is 0 Å². The number of hydrogen-bond donors (Lipinski definition) is 1. The lowest BCUT2D eigenvalue weighted by Crippen LogP contribution is -2.49. The summed E-state index contributed by atoms with van der Waals surface area (Å²) in [5, 5.41) is 20.8. The van der Waals surface area contributed by atoms with Gasteiger partial charge in [0, 0.05) is 6.42 Å². The molecule has 3 aromatic rings. The van der Waals surface area contributed by atoms with Crippen LogP contribution in [0.4, 0.5) is 0 Å². The van der Waals surface area contributed by atoms with Gasteiger partial charge in [0.2, 0.25) is 5.89 Å². The summed E-state index contributed by atoms with van der Waals surface area (Å²) >= 11 is 0. The minimum Gasteiger partial charge on any atom is -0.338 e. The second-order valence-corrected chi connectivity index (χ2v) is 9.93. The van der Waals surface area contributed by atoms with Crippen LogP contribution in [0.25, 0.3) is 0 Å². The topological polar surface area (TPSA) is 94.6 Å². The van der Waals surface area contributed by atoms with E-state index in [1.54, 1.807) is 0 Å². The Hall–Kier alpha value is -2.61. The summed E-state index contributed by atoms with van der Waals surface area (Å²) in [6.45, 7) is 10.8. The van der Waals surface area contributed by atoms with Gasteiger partial charge < -0.3 is 4.52 Å². The van der Waals surface area contributed by atoms with Gasteiger partial charge >= 0.3 is 0 Å². The molecular formula is C23H33N7O. The normalized spacial score (nSPS) is 23.1. The minimum atomic E-state index is -0.323. The van der Waals surface area contributed by atoms with Gasteiger partial charge in [0.25, 0.3) is 0 Å². The Morgan fingerprint density at radius 2 is 1.90 bits per heavy atom. The molecule has 0 bridgehead atoms. The third-order valence-electron chi connectivity index (χ3n) is 6.21. The predicted octanol–water partition coefficient (Wildman–Crippen LogP) is 4.16. The van der Waals surface area contributed by atoms with E-state index >= 15 is 0 Å². The van der Waals surface area contributed by atoms with Gasteiger partial charge in [-0.2, -0.15) is 4.98 Å². The molecule has 0 aliphatic heterocycles. The summed E-state index contributed by atoms with van der Waals surface area (Å²) in [4.78, 5) is 4.67. The van der Waals surface area contributed by atoms with Crippen LogP contribution in [0.1, 0.15) is 89.4 Å². The van der Waals surface area contributed by atoms with E-state index in [0.29, 0.717) is 24.1 Å². The van der Waals surface area contributed by atoms with E-state index in [2.05, 4.69) is 77.7 Å². The Kier molecular flexibility index (Phi) is 5.92. The summed E-state index contributed by atoms with van der Waals surface area (Å²) in [6, 6.07) is 10.1. The van der Waals surface area contributed by atoms with E-state index in [1.165, 1.54) is 0 Å². The predicted molar refractivity (Wildman–Crippen MR) is 117 cm³/mol. The van der Waals surface area contributed by atoms with Crippen molar-refractivity contribution in [3.63, 3.8) is 0 Å². The quantitative estimate of drug-likeness (QED) is 0.636. The average molecular weight is 424 g/mol. The number of nitrogens with one attached hydrogen (secondary N) is 1. The first kappa shape index (κ1) is 21.6. The van der Waals surface area contributed by atoms with Crippen molar-refractivity contribution in [2.24, 2.45) is 5.92 Å². The Morgan fingerprint density at radius 1 is 1.19 bits per heavy atom. The van der Waals surface area contributed by atoms with Crippen LogP contribution >= 0.6 is 0 Å². The number of rotatable bonds is 6. The van der Waals surface area contributed by atoms with Gasteiger partial charge in [-0.15, -0.1) is 5.10 Å². The number of aromatic nitrogens is 6. The van der Waals surface area contributed by atoms with Crippen molar-refractivity contribution in [2.45, 2.75) is 83.8 Å². The first-order valence-corrected chi connectivity index (χ1v) is 11.2. The monoisotopic (exact) mass is 423 g/mol. The lowest BCUT2D eigenvalue weighted by Gasteiger charge is -2.41. The molecule has 1 aliphatic rings. The van der Waals surface area contributed by atoms with Crippen molar-refractivity contribution in [2.75, 3.05) is 0 Å². The van der Waals surface area contributed by atoms with Crippen molar-refractivity contribution < 1.29 is 4.52 Å². The average Bonchev–Trinajstić information content (AvgIpc) is 3.41. The zero-order valence-corrected chi connectivity index (χ0v) is 19.2. The highest BCUT2D eigenvalue weighted by atomic mass is 16.5. The first-order valence-electron chi connectivity index (χ1n) is 11.2. The molecule has 8 nitrogen and oxygen atoms in total. The third-order valence-corrected chi connectivity index (χ3v) is 6.21. The molecule has 1 fully saturated rings. The van der Waals surface area contributed by atoms with Gasteiger partial charge in [-0.25, -0.2) is 4.68 Å². The molecule has 0 spiro atoms. The summed E-state index contributed by atoms with van der Waals surface area (Å²) in [5.41, 5.74) is 0.641. The largest absolute Gasteiger partial charge is 0.338 e. The maximum absolute atomic E-state index is 5.64. The van der Waals surface area contributed by atoms with E-state index in [4.69, 9.17) is 4.52 Å². The van der Waals surface area contributed by atoms with Gasteiger partial charge in [-0.1, -0.05) is 42.4 Å². The number of nitrogens with zero attached hydrogens (tertiary/aromatic N) is 6. The molecule has 166 valence electrons. The minimum absolute atomic E-state index is 0.115. The number of tetrazole rings is 1. The number of benzene rings is 1. The molecule has 0 saturated heterocycles. The van der Waals surface area contributed by atoms with E-state index in [-0.39, 0.29) is 17.1 Å². The Balaban J connectivity index is 1.58. The zero-order chi connectivity index (χ0) is 22.1. The van der Waals surface area contributed by atoms with Crippen molar-refractivity contribution in [3.8, 4) is 0 Å². The van der Waals surface area contributed by atoms with Crippen molar-refractivity contribution in [1.82, 2.24) is 35.7 Å². The number of hydrogen-bond acceptors (Lipinski definition) is 7. The molecule has 2 aromatic heterocycles. The van der Waals surface area contributed by atoms with Crippen LogP contribution in [0.15, 0.2) is 34.9 Å². The van der Waals surface area contributed by atoms with Gasteiger partial charge in [-0.05, 0) is 75.3 Å². The summed E-state index contributed by atoms with van der Waals surface area (Å²) < 4.78 is 7.59. The lowest BCUT2D eigenvalue weighted by molar-refractivity contribution is 0.144. The fourth-order valence-corrected chi connectivity index (χ4v) is 4.39. The Morgan fingerprint density at radius 3 is 2.58 bits per heavy atom. The van der Waals surface area contributed by atoms with E-state index in [0.717, 1.165) is 37.1 Å². The standard InChI is InChI=1S/C23H33N7O/c1-16-11-13-23(14-12-16,21-26-28-29-30(21)22(3,4)5)25-17(2)20-24-19(27-31-20)15-18-9-7-6-8-10-18/h6-10,16-17,25H,11-15H2,1-5H3. The maximum Gasteiger partial charge on any atom is 0.243 e. The highest BCUT2D eigenvalue weighted by Crippen LogP contribution is 2.41. The molecule has 8 heteroatoms. The van der Waals surface area contributed by atoms with Crippen LogP contribution in [0, 0.1) is 5.92 Å². The molecule has 4 rings (SSSR count). The summed E-state index contributed by atoms with van der Waals surface area (Å²) in [5.74, 6) is 2.88. The van der Waals surface area contributed by atoms with Crippen LogP contribution in [-0.4, -0.2) is 30.3 Å². The second kappa shape index (κ2) is 8.49. The molecule has 1 unspecified atom stereocenters. The van der Waals surface area contributed by atoms with Gasteiger partial charge in [0.15, 0.2) is 11.6 Å². The van der Waals surface area contributed by atoms with Gasteiger partial charge in [-0.3, -0.25) is 5.32 Å². The molecule has 1 atom stereocenters. The summed E-state index contributed by atoms with van der Waals surface area (Å²) in [7, 11) is 0. The van der Waals surface area contributed by atoms with Crippen LogP contribution < -0.4 is 5.32 Å². The zero-order valence-electron chi connectivity index (χ0n) is 19.2. The van der Waals surface area contributed by atoms with Crippen molar-refractivity contribution in [3.05, 3.63) is 53.4 Å². The molecule has 0 amide bonds. The first-order chi connectivity index (χ1) is 14.8. The smallest absolute Gasteiger partial charge is 0.243 e. The molecule has 1 saturated carbocycles.